The highest BCUT2D eigenvalue weighted by atomic mass is 32.2. The maximum absolute atomic E-state index is 12.6. The highest BCUT2D eigenvalue weighted by Crippen LogP contribution is 2.20. The molecule has 2 N–H and O–H groups in total. The minimum Gasteiger partial charge on any atom is -0.481 e. The van der Waals surface area contributed by atoms with Crippen molar-refractivity contribution in [1.82, 2.24) is 0 Å². The molecule has 132 valence electrons. The van der Waals surface area contributed by atoms with Gasteiger partial charge in [0.15, 0.2) is 0 Å². The number of amides is 1. The van der Waals surface area contributed by atoms with Crippen LogP contribution in [0.4, 0.5) is 5.69 Å². The molecule has 0 aliphatic carbocycles. The van der Waals surface area contributed by atoms with Crippen LogP contribution in [0.15, 0.2) is 36.4 Å². The zero-order valence-corrected chi connectivity index (χ0v) is 15.6. The number of nitrogens with one attached hydrogen (secondary N) is 1. The lowest BCUT2D eigenvalue weighted by Gasteiger charge is -2.12. The SMILES string of the molecule is Cc1cc(C)c(C(=O)Nc2cccc(CSCCC(=O)O)c2)c(C)c1. The third kappa shape index (κ3) is 5.64. The monoisotopic (exact) mass is 357 g/mol. The first-order valence-electron chi connectivity index (χ1n) is 8.14. The first-order valence-corrected chi connectivity index (χ1v) is 9.30. The molecule has 25 heavy (non-hydrogen) atoms. The average molecular weight is 357 g/mol. The maximum atomic E-state index is 12.6. The maximum Gasteiger partial charge on any atom is 0.304 e. The number of hydrogen-bond acceptors (Lipinski definition) is 3. The van der Waals surface area contributed by atoms with Gasteiger partial charge in [0.25, 0.3) is 5.91 Å². The van der Waals surface area contributed by atoms with Gasteiger partial charge in [-0.1, -0.05) is 29.8 Å². The van der Waals surface area contributed by atoms with E-state index in [0.717, 1.165) is 33.7 Å². The number of carboxylic acids is 1. The summed E-state index contributed by atoms with van der Waals surface area (Å²) in [6.07, 6.45) is 0.160. The number of carbonyl (C=O) groups is 2. The molecule has 0 aliphatic rings. The molecule has 0 saturated heterocycles. The number of thioether (sulfide) groups is 1. The van der Waals surface area contributed by atoms with Crippen molar-refractivity contribution in [1.29, 1.82) is 0 Å². The van der Waals surface area contributed by atoms with Crippen LogP contribution in [0.3, 0.4) is 0 Å². The molecule has 2 aromatic rings. The Bertz CT molecular complexity index is 763. The summed E-state index contributed by atoms with van der Waals surface area (Å²) in [5.74, 6) is 0.413. The third-order valence-corrected chi connectivity index (χ3v) is 4.85. The molecule has 1 amide bonds. The summed E-state index contributed by atoms with van der Waals surface area (Å²) >= 11 is 1.57. The second kappa shape index (κ2) is 8.72. The lowest BCUT2D eigenvalue weighted by atomic mass is 9.99. The normalized spacial score (nSPS) is 10.5. The van der Waals surface area contributed by atoms with Gasteiger partial charge in [0, 0.05) is 22.8 Å². The quantitative estimate of drug-likeness (QED) is 0.712. The molecular formula is C20H23NO3S. The number of aryl methyl sites for hydroxylation is 3. The van der Waals surface area contributed by atoms with Crippen molar-refractivity contribution in [3.05, 3.63) is 64.2 Å². The highest BCUT2D eigenvalue weighted by molar-refractivity contribution is 7.98. The third-order valence-electron chi connectivity index (χ3n) is 3.82. The fraction of sp³-hybridized carbons (Fsp3) is 0.300. The average Bonchev–Trinajstić information content (AvgIpc) is 2.50. The number of carbonyl (C=O) groups excluding carboxylic acids is 1. The largest absolute Gasteiger partial charge is 0.481 e. The zero-order chi connectivity index (χ0) is 18.4. The van der Waals surface area contributed by atoms with E-state index < -0.39 is 5.97 Å². The van der Waals surface area contributed by atoms with Crippen LogP contribution in [-0.2, 0) is 10.5 Å². The van der Waals surface area contributed by atoms with Crippen LogP contribution >= 0.6 is 11.8 Å². The van der Waals surface area contributed by atoms with Gasteiger partial charge in [-0.05, 0) is 49.6 Å². The smallest absolute Gasteiger partial charge is 0.304 e. The standard InChI is InChI=1S/C20H23NO3S/c1-13-9-14(2)19(15(3)10-13)20(24)21-17-6-4-5-16(11-17)12-25-8-7-18(22)23/h4-6,9-11H,7-8,12H2,1-3H3,(H,21,24)(H,22,23). The molecular weight excluding hydrogens is 334 g/mol. The van der Waals surface area contributed by atoms with Crippen molar-refractivity contribution in [2.75, 3.05) is 11.1 Å². The predicted octanol–water partition coefficient (Wildman–Crippen LogP) is 4.57. The van der Waals surface area contributed by atoms with Gasteiger partial charge in [0.05, 0.1) is 6.42 Å². The Morgan fingerprint density at radius 3 is 2.40 bits per heavy atom. The Balaban J connectivity index is 2.04. The Hall–Kier alpha value is -2.27. The number of hydrogen-bond donors (Lipinski definition) is 2. The molecule has 0 atom stereocenters. The van der Waals surface area contributed by atoms with E-state index >= 15 is 0 Å². The van der Waals surface area contributed by atoms with E-state index in [4.69, 9.17) is 5.11 Å². The van der Waals surface area contributed by atoms with Gasteiger partial charge in [0.2, 0.25) is 0 Å². The lowest BCUT2D eigenvalue weighted by molar-refractivity contribution is -0.136. The van der Waals surface area contributed by atoms with E-state index in [0.29, 0.717) is 11.3 Å². The second-order valence-corrected chi connectivity index (χ2v) is 7.23. The van der Waals surface area contributed by atoms with Crippen LogP contribution in [0.25, 0.3) is 0 Å². The van der Waals surface area contributed by atoms with E-state index in [1.54, 1.807) is 11.8 Å². The molecule has 2 aromatic carbocycles. The van der Waals surface area contributed by atoms with Crippen molar-refractivity contribution in [3.63, 3.8) is 0 Å². The predicted molar refractivity (Wildman–Crippen MR) is 103 cm³/mol. The van der Waals surface area contributed by atoms with E-state index in [1.165, 1.54) is 0 Å². The van der Waals surface area contributed by atoms with Gasteiger partial charge in [0.1, 0.15) is 0 Å². The Morgan fingerprint density at radius 1 is 1.08 bits per heavy atom. The molecule has 0 bridgehead atoms. The van der Waals surface area contributed by atoms with E-state index in [-0.39, 0.29) is 12.3 Å². The molecule has 0 aliphatic heterocycles. The highest BCUT2D eigenvalue weighted by Gasteiger charge is 2.13. The Morgan fingerprint density at radius 2 is 1.76 bits per heavy atom. The minimum absolute atomic E-state index is 0.106. The van der Waals surface area contributed by atoms with Crippen molar-refractivity contribution in [2.24, 2.45) is 0 Å². The van der Waals surface area contributed by atoms with E-state index in [9.17, 15) is 9.59 Å². The Labute approximate surface area is 152 Å². The number of aliphatic carboxylic acids is 1. The van der Waals surface area contributed by atoms with Crippen molar-refractivity contribution in [2.45, 2.75) is 32.9 Å². The molecule has 0 unspecified atom stereocenters. The molecule has 0 saturated carbocycles. The zero-order valence-electron chi connectivity index (χ0n) is 14.8. The van der Waals surface area contributed by atoms with Crippen molar-refractivity contribution < 1.29 is 14.7 Å². The van der Waals surface area contributed by atoms with Crippen LogP contribution in [0.2, 0.25) is 0 Å². The summed E-state index contributed by atoms with van der Waals surface area (Å²) in [6.45, 7) is 5.92. The first kappa shape index (κ1) is 19.1. The fourth-order valence-corrected chi connectivity index (χ4v) is 3.70. The molecule has 0 fully saturated rings. The molecule has 5 heteroatoms. The molecule has 0 spiro atoms. The van der Waals surface area contributed by atoms with Gasteiger partial charge in [-0.15, -0.1) is 0 Å². The van der Waals surface area contributed by atoms with Crippen LogP contribution in [0, 0.1) is 20.8 Å². The number of benzene rings is 2. The topological polar surface area (TPSA) is 66.4 Å². The summed E-state index contributed by atoms with van der Waals surface area (Å²) in [6, 6.07) is 11.7. The van der Waals surface area contributed by atoms with E-state index in [1.807, 2.05) is 57.2 Å². The van der Waals surface area contributed by atoms with Crippen LogP contribution in [0.1, 0.15) is 39.0 Å². The molecule has 0 radical (unpaired) electrons. The fourth-order valence-electron chi connectivity index (χ4n) is 2.82. The molecule has 0 aromatic heterocycles. The molecule has 4 nitrogen and oxygen atoms in total. The van der Waals surface area contributed by atoms with Crippen LogP contribution in [-0.4, -0.2) is 22.7 Å². The van der Waals surface area contributed by atoms with Gasteiger partial charge >= 0.3 is 5.97 Å². The van der Waals surface area contributed by atoms with E-state index in [2.05, 4.69) is 5.32 Å². The van der Waals surface area contributed by atoms with Gasteiger partial charge in [-0.3, -0.25) is 9.59 Å². The second-order valence-electron chi connectivity index (χ2n) is 6.12. The minimum atomic E-state index is -0.780. The van der Waals surface area contributed by atoms with Gasteiger partial charge in [-0.25, -0.2) is 0 Å². The Kier molecular flexibility index (Phi) is 6.65. The summed E-state index contributed by atoms with van der Waals surface area (Å²) < 4.78 is 0. The summed E-state index contributed by atoms with van der Waals surface area (Å²) in [5.41, 5.74) is 5.61. The first-order chi connectivity index (χ1) is 11.9. The van der Waals surface area contributed by atoms with Crippen LogP contribution in [0.5, 0.6) is 0 Å². The van der Waals surface area contributed by atoms with Crippen LogP contribution < -0.4 is 5.32 Å². The van der Waals surface area contributed by atoms with Gasteiger partial charge in [-0.2, -0.15) is 11.8 Å². The van der Waals surface area contributed by atoms with Crippen molar-refractivity contribution in [3.8, 4) is 0 Å². The summed E-state index contributed by atoms with van der Waals surface area (Å²) in [7, 11) is 0. The number of rotatable bonds is 7. The number of anilines is 1. The van der Waals surface area contributed by atoms with Gasteiger partial charge < -0.3 is 10.4 Å². The number of carboxylic acid groups (broad SMARTS) is 1. The van der Waals surface area contributed by atoms with Crippen molar-refractivity contribution >= 4 is 29.3 Å². The lowest BCUT2D eigenvalue weighted by Crippen LogP contribution is -2.15. The summed E-state index contributed by atoms with van der Waals surface area (Å²) in [5, 5.41) is 11.6. The summed E-state index contributed by atoms with van der Waals surface area (Å²) in [4.78, 5) is 23.2. The molecule has 2 rings (SSSR count). The molecule has 0 heterocycles.